The van der Waals surface area contributed by atoms with Crippen molar-refractivity contribution in [3.05, 3.63) is 22.4 Å². The molecule has 0 saturated heterocycles. The number of carboxylic acids is 1. The van der Waals surface area contributed by atoms with Crippen LogP contribution in [0.3, 0.4) is 0 Å². The Labute approximate surface area is 91.1 Å². The van der Waals surface area contributed by atoms with Gasteiger partial charge in [-0.15, -0.1) is 0 Å². The molecule has 0 aromatic carbocycles. The van der Waals surface area contributed by atoms with Crippen LogP contribution in [-0.4, -0.2) is 24.2 Å². The summed E-state index contributed by atoms with van der Waals surface area (Å²) in [5.74, 6) is -0.942. The molecule has 1 aromatic heterocycles. The maximum absolute atomic E-state index is 11.1. The van der Waals surface area contributed by atoms with Gasteiger partial charge in [0, 0.05) is 7.05 Å². The Kier molecular flexibility index (Phi) is 4.11. The van der Waals surface area contributed by atoms with Gasteiger partial charge < -0.3 is 15.7 Å². The van der Waals surface area contributed by atoms with Crippen molar-refractivity contribution in [2.75, 3.05) is 7.05 Å². The molecule has 0 aliphatic rings. The second-order valence-corrected chi connectivity index (χ2v) is 3.71. The average Bonchev–Trinajstić information content (AvgIpc) is 2.68. The lowest BCUT2D eigenvalue weighted by molar-refractivity contribution is -0.137. The van der Waals surface area contributed by atoms with Crippen molar-refractivity contribution in [1.29, 1.82) is 0 Å². The molecule has 0 aliphatic carbocycles. The highest BCUT2D eigenvalue weighted by molar-refractivity contribution is 7.07. The van der Waals surface area contributed by atoms with E-state index in [0.29, 0.717) is 0 Å². The number of nitrogens with one attached hydrogen (secondary N) is 2. The molecule has 5 nitrogen and oxygen atoms in total. The number of amides is 2. The van der Waals surface area contributed by atoms with Gasteiger partial charge in [-0.1, -0.05) is 0 Å². The summed E-state index contributed by atoms with van der Waals surface area (Å²) in [5.41, 5.74) is 0.811. The minimum atomic E-state index is -0.942. The smallest absolute Gasteiger partial charge is 0.315 e. The van der Waals surface area contributed by atoms with E-state index in [1.54, 1.807) is 6.07 Å². The Morgan fingerprint density at radius 3 is 2.80 bits per heavy atom. The molecule has 3 N–H and O–H groups in total. The van der Waals surface area contributed by atoms with Gasteiger partial charge in [0.2, 0.25) is 0 Å². The highest BCUT2D eigenvalue weighted by atomic mass is 32.1. The third-order valence-corrected chi connectivity index (χ3v) is 2.56. The third kappa shape index (κ3) is 3.59. The van der Waals surface area contributed by atoms with Crippen LogP contribution in [0.1, 0.15) is 18.0 Å². The molecule has 1 aromatic rings. The van der Waals surface area contributed by atoms with Crippen molar-refractivity contribution in [3.8, 4) is 0 Å². The van der Waals surface area contributed by atoms with Gasteiger partial charge in [-0.25, -0.2) is 4.79 Å². The SMILES string of the molecule is CNC(=O)NC(CC(=O)O)c1ccsc1. The van der Waals surface area contributed by atoms with E-state index in [-0.39, 0.29) is 12.5 Å². The van der Waals surface area contributed by atoms with E-state index in [1.807, 2.05) is 10.8 Å². The van der Waals surface area contributed by atoms with Crippen molar-refractivity contribution in [3.63, 3.8) is 0 Å². The molecular formula is C9H12N2O3S. The van der Waals surface area contributed by atoms with Crippen molar-refractivity contribution in [2.24, 2.45) is 0 Å². The Balaban J connectivity index is 2.70. The second kappa shape index (κ2) is 5.35. The maximum Gasteiger partial charge on any atom is 0.315 e. The summed E-state index contributed by atoms with van der Waals surface area (Å²) in [6.07, 6.45) is -0.121. The summed E-state index contributed by atoms with van der Waals surface area (Å²) in [6.45, 7) is 0. The van der Waals surface area contributed by atoms with Crippen molar-refractivity contribution in [2.45, 2.75) is 12.5 Å². The van der Waals surface area contributed by atoms with Gasteiger partial charge in [-0.3, -0.25) is 4.79 Å². The first kappa shape index (κ1) is 11.5. The monoisotopic (exact) mass is 228 g/mol. The van der Waals surface area contributed by atoms with Gasteiger partial charge in [-0.2, -0.15) is 11.3 Å². The van der Waals surface area contributed by atoms with Gasteiger partial charge in [0.25, 0.3) is 0 Å². The topological polar surface area (TPSA) is 78.4 Å². The first-order valence-corrected chi connectivity index (χ1v) is 5.30. The van der Waals surface area contributed by atoms with E-state index in [9.17, 15) is 9.59 Å². The lowest BCUT2D eigenvalue weighted by Gasteiger charge is -2.15. The molecular weight excluding hydrogens is 216 g/mol. The summed E-state index contributed by atoms with van der Waals surface area (Å²) in [4.78, 5) is 21.7. The van der Waals surface area contributed by atoms with Gasteiger partial charge in [0.05, 0.1) is 12.5 Å². The Bertz CT molecular complexity index is 337. The molecule has 6 heteroatoms. The molecule has 2 amide bonds. The molecule has 1 unspecified atom stereocenters. The van der Waals surface area contributed by atoms with Gasteiger partial charge >= 0.3 is 12.0 Å². The lowest BCUT2D eigenvalue weighted by atomic mass is 10.1. The first-order chi connectivity index (χ1) is 7.13. The predicted molar refractivity (Wildman–Crippen MR) is 56.9 cm³/mol. The molecule has 1 atom stereocenters. The third-order valence-electron chi connectivity index (χ3n) is 1.86. The minimum absolute atomic E-state index is 0.121. The highest BCUT2D eigenvalue weighted by Crippen LogP contribution is 2.19. The van der Waals surface area contributed by atoms with Crippen LogP contribution in [0.4, 0.5) is 4.79 Å². The first-order valence-electron chi connectivity index (χ1n) is 4.35. The quantitative estimate of drug-likeness (QED) is 0.724. The molecule has 0 spiro atoms. The number of hydrogen-bond donors (Lipinski definition) is 3. The molecule has 1 heterocycles. The number of carboxylic acid groups (broad SMARTS) is 1. The van der Waals surface area contributed by atoms with E-state index in [4.69, 9.17) is 5.11 Å². The molecule has 0 bridgehead atoms. The van der Waals surface area contributed by atoms with Crippen LogP contribution < -0.4 is 10.6 Å². The molecule has 0 radical (unpaired) electrons. The fourth-order valence-electron chi connectivity index (χ4n) is 1.13. The van der Waals surface area contributed by atoms with E-state index >= 15 is 0 Å². The zero-order valence-corrected chi connectivity index (χ0v) is 9.00. The Morgan fingerprint density at radius 2 is 2.33 bits per heavy atom. The van der Waals surface area contributed by atoms with Crippen molar-refractivity contribution < 1.29 is 14.7 Å². The number of urea groups is 1. The number of carbonyl (C=O) groups is 2. The van der Waals surface area contributed by atoms with Crippen LogP contribution in [0.2, 0.25) is 0 Å². The van der Waals surface area contributed by atoms with E-state index < -0.39 is 12.0 Å². The van der Waals surface area contributed by atoms with Crippen LogP contribution >= 0.6 is 11.3 Å². The van der Waals surface area contributed by atoms with Crippen molar-refractivity contribution >= 4 is 23.3 Å². The van der Waals surface area contributed by atoms with E-state index in [0.717, 1.165) is 5.56 Å². The number of thiophene rings is 1. The van der Waals surface area contributed by atoms with Crippen LogP contribution in [0.5, 0.6) is 0 Å². The average molecular weight is 228 g/mol. The number of rotatable bonds is 4. The highest BCUT2D eigenvalue weighted by Gasteiger charge is 2.17. The summed E-state index contributed by atoms with van der Waals surface area (Å²) in [7, 11) is 1.49. The zero-order valence-electron chi connectivity index (χ0n) is 8.19. The Morgan fingerprint density at radius 1 is 1.60 bits per heavy atom. The number of hydrogen-bond acceptors (Lipinski definition) is 3. The van der Waals surface area contributed by atoms with Gasteiger partial charge in [0.1, 0.15) is 0 Å². The predicted octanol–water partition coefficient (Wildman–Crippen LogP) is 1.19. The standard InChI is InChI=1S/C9H12N2O3S/c1-10-9(14)11-7(4-8(12)13)6-2-3-15-5-6/h2-3,5,7H,4H2,1H3,(H,12,13)(H2,10,11,14). The fourth-order valence-corrected chi connectivity index (χ4v) is 1.84. The van der Waals surface area contributed by atoms with Gasteiger partial charge in [-0.05, 0) is 22.4 Å². The van der Waals surface area contributed by atoms with Crippen LogP contribution in [0.15, 0.2) is 16.8 Å². The zero-order chi connectivity index (χ0) is 11.3. The largest absolute Gasteiger partial charge is 0.481 e. The number of aliphatic carboxylic acids is 1. The van der Waals surface area contributed by atoms with Crippen LogP contribution in [0, 0.1) is 0 Å². The molecule has 0 fully saturated rings. The van der Waals surface area contributed by atoms with Gasteiger partial charge in [0.15, 0.2) is 0 Å². The summed E-state index contributed by atoms with van der Waals surface area (Å²) < 4.78 is 0. The van der Waals surface area contributed by atoms with E-state index in [1.165, 1.54) is 18.4 Å². The molecule has 82 valence electrons. The maximum atomic E-state index is 11.1. The fraction of sp³-hybridized carbons (Fsp3) is 0.333. The Hall–Kier alpha value is -1.56. The lowest BCUT2D eigenvalue weighted by Crippen LogP contribution is -2.36. The molecule has 0 aliphatic heterocycles. The summed E-state index contributed by atoms with van der Waals surface area (Å²) in [5, 5.41) is 17.3. The van der Waals surface area contributed by atoms with Crippen LogP contribution in [0.25, 0.3) is 0 Å². The minimum Gasteiger partial charge on any atom is -0.481 e. The molecule has 15 heavy (non-hydrogen) atoms. The molecule has 0 saturated carbocycles. The summed E-state index contributed by atoms with van der Waals surface area (Å²) >= 11 is 1.47. The second-order valence-electron chi connectivity index (χ2n) is 2.93. The summed E-state index contributed by atoms with van der Waals surface area (Å²) in [6, 6.07) is 0.940. The van der Waals surface area contributed by atoms with Crippen molar-refractivity contribution in [1.82, 2.24) is 10.6 Å². The normalized spacial score (nSPS) is 11.8. The van der Waals surface area contributed by atoms with E-state index in [2.05, 4.69) is 10.6 Å². The number of carbonyl (C=O) groups excluding carboxylic acids is 1. The van der Waals surface area contributed by atoms with Crippen LogP contribution in [-0.2, 0) is 4.79 Å². The molecule has 1 rings (SSSR count).